The lowest BCUT2D eigenvalue weighted by molar-refractivity contribution is -0.116. The van der Waals surface area contributed by atoms with E-state index in [1.807, 2.05) is 22.3 Å². The van der Waals surface area contributed by atoms with E-state index in [1.165, 1.54) is 24.2 Å². The van der Waals surface area contributed by atoms with Crippen molar-refractivity contribution < 1.29 is 4.79 Å². The van der Waals surface area contributed by atoms with Crippen LogP contribution in [0.25, 0.3) is 0 Å². The lowest BCUT2D eigenvalue weighted by atomic mass is 10.0. The van der Waals surface area contributed by atoms with Crippen molar-refractivity contribution in [3.8, 4) is 6.07 Å². The maximum Gasteiger partial charge on any atom is 0.226 e. The molecule has 1 amide bonds. The normalized spacial score (nSPS) is 18.2. The summed E-state index contributed by atoms with van der Waals surface area (Å²) in [7, 11) is 0. The minimum absolute atomic E-state index is 0.0302. The number of thiophene rings is 1. The molecule has 0 radical (unpaired) electrons. The monoisotopic (exact) mass is 343 g/mol. The molecule has 3 rings (SSSR count). The average Bonchev–Trinajstić information content (AvgIpc) is 3.25. The summed E-state index contributed by atoms with van der Waals surface area (Å²) in [6.45, 7) is 2.64. The Morgan fingerprint density at radius 2 is 2.42 bits per heavy atom. The fourth-order valence-corrected chi connectivity index (χ4v) is 3.87. The summed E-state index contributed by atoms with van der Waals surface area (Å²) in [6, 6.07) is 6.19. The maximum absolute atomic E-state index is 12.2. The lowest BCUT2D eigenvalue weighted by Crippen LogP contribution is -2.43. The van der Waals surface area contributed by atoms with Crippen LogP contribution in [0, 0.1) is 11.3 Å². The molecular formula is C17H21N5OS. The lowest BCUT2D eigenvalue weighted by Gasteiger charge is -2.35. The molecule has 1 aliphatic rings. The number of carbonyl (C=O) groups is 1. The number of carbonyl (C=O) groups excluding carboxylic acids is 1. The number of rotatable bonds is 6. The molecule has 1 N–H and O–H groups in total. The summed E-state index contributed by atoms with van der Waals surface area (Å²) < 4.78 is 1.97. The zero-order chi connectivity index (χ0) is 16.8. The highest BCUT2D eigenvalue weighted by atomic mass is 32.1. The number of likely N-dealkylation sites (tertiary alicyclic amines) is 1. The van der Waals surface area contributed by atoms with Crippen molar-refractivity contribution in [1.82, 2.24) is 14.7 Å². The Labute approximate surface area is 145 Å². The fourth-order valence-electron chi connectivity index (χ4n) is 3.11. The van der Waals surface area contributed by atoms with Crippen molar-refractivity contribution in [2.24, 2.45) is 0 Å². The topological polar surface area (TPSA) is 74.0 Å². The third-order valence-corrected chi connectivity index (χ3v) is 5.20. The largest absolute Gasteiger partial charge is 0.317 e. The van der Waals surface area contributed by atoms with Crippen LogP contribution in [0.2, 0.25) is 0 Å². The van der Waals surface area contributed by atoms with Crippen molar-refractivity contribution in [2.45, 2.75) is 38.3 Å². The van der Waals surface area contributed by atoms with Crippen LogP contribution in [0.4, 0.5) is 5.00 Å². The molecule has 2 aromatic rings. The van der Waals surface area contributed by atoms with Gasteiger partial charge in [-0.25, -0.2) is 0 Å². The number of nitrogens with zero attached hydrogens (tertiary/aromatic N) is 4. The number of hydrogen-bond acceptors (Lipinski definition) is 5. The Balaban J connectivity index is 1.52. The highest BCUT2D eigenvalue weighted by Crippen LogP contribution is 2.23. The average molecular weight is 343 g/mol. The SMILES string of the molecule is N#Cc1ccsc1NC(=O)CCN1CCCCC1Cn1cccn1. The van der Waals surface area contributed by atoms with E-state index in [-0.39, 0.29) is 5.91 Å². The molecule has 0 aromatic carbocycles. The van der Waals surface area contributed by atoms with Crippen LogP contribution in [-0.4, -0.2) is 39.7 Å². The highest BCUT2D eigenvalue weighted by Gasteiger charge is 2.23. The van der Waals surface area contributed by atoms with Gasteiger partial charge in [-0.15, -0.1) is 11.3 Å². The maximum atomic E-state index is 12.2. The van der Waals surface area contributed by atoms with E-state index >= 15 is 0 Å². The number of amides is 1. The van der Waals surface area contributed by atoms with E-state index < -0.39 is 0 Å². The number of anilines is 1. The molecule has 3 heterocycles. The first-order valence-electron chi connectivity index (χ1n) is 8.25. The zero-order valence-electron chi connectivity index (χ0n) is 13.5. The summed E-state index contributed by atoms with van der Waals surface area (Å²) in [6.07, 6.45) is 7.79. The molecule has 0 spiro atoms. The van der Waals surface area contributed by atoms with Gasteiger partial charge in [-0.2, -0.15) is 10.4 Å². The number of aromatic nitrogens is 2. The Morgan fingerprint density at radius 1 is 1.50 bits per heavy atom. The second-order valence-corrected chi connectivity index (χ2v) is 6.90. The standard InChI is InChI=1S/C17H21N5OS/c18-12-14-6-11-24-17(14)20-16(23)5-10-21-8-2-1-4-15(21)13-22-9-3-7-19-22/h3,6-7,9,11,15H,1-2,4-5,8,10,13H2,(H,20,23). The van der Waals surface area contributed by atoms with E-state index in [2.05, 4.69) is 21.4 Å². The fraction of sp³-hybridized carbons (Fsp3) is 0.471. The van der Waals surface area contributed by atoms with Crippen molar-refractivity contribution in [3.63, 3.8) is 0 Å². The molecule has 1 fully saturated rings. The van der Waals surface area contributed by atoms with Gasteiger partial charge in [0.25, 0.3) is 0 Å². The first kappa shape index (κ1) is 16.7. The predicted molar refractivity (Wildman–Crippen MR) is 93.7 cm³/mol. The van der Waals surface area contributed by atoms with Crippen molar-refractivity contribution in [2.75, 3.05) is 18.4 Å². The molecule has 0 aliphatic carbocycles. The summed E-state index contributed by atoms with van der Waals surface area (Å²) in [5.41, 5.74) is 0.530. The molecule has 0 bridgehead atoms. The summed E-state index contributed by atoms with van der Waals surface area (Å²) in [4.78, 5) is 14.6. The van der Waals surface area contributed by atoms with E-state index in [4.69, 9.17) is 5.26 Å². The van der Waals surface area contributed by atoms with Crippen LogP contribution >= 0.6 is 11.3 Å². The van der Waals surface area contributed by atoms with Gasteiger partial charge >= 0.3 is 0 Å². The number of nitrogens with one attached hydrogen (secondary N) is 1. The molecule has 1 unspecified atom stereocenters. The quantitative estimate of drug-likeness (QED) is 0.875. The van der Waals surface area contributed by atoms with Gasteiger partial charge in [-0.3, -0.25) is 14.4 Å². The Morgan fingerprint density at radius 3 is 3.21 bits per heavy atom. The second kappa shape index (κ2) is 8.08. The molecule has 1 aliphatic heterocycles. The summed E-state index contributed by atoms with van der Waals surface area (Å²) in [5.74, 6) is -0.0302. The van der Waals surface area contributed by atoms with Gasteiger partial charge in [0.1, 0.15) is 11.1 Å². The summed E-state index contributed by atoms with van der Waals surface area (Å²) in [5, 5.41) is 18.6. The van der Waals surface area contributed by atoms with Gasteiger partial charge in [-0.1, -0.05) is 6.42 Å². The van der Waals surface area contributed by atoms with Crippen LogP contribution in [0.3, 0.4) is 0 Å². The Kier molecular flexibility index (Phi) is 5.62. The zero-order valence-corrected chi connectivity index (χ0v) is 14.3. The van der Waals surface area contributed by atoms with Gasteiger partial charge in [0.2, 0.25) is 5.91 Å². The first-order chi connectivity index (χ1) is 11.8. The third kappa shape index (κ3) is 4.22. The van der Waals surface area contributed by atoms with E-state index in [1.54, 1.807) is 12.3 Å². The number of piperidine rings is 1. The minimum Gasteiger partial charge on any atom is -0.317 e. The van der Waals surface area contributed by atoms with Crippen molar-refractivity contribution in [1.29, 1.82) is 5.26 Å². The van der Waals surface area contributed by atoms with Crippen molar-refractivity contribution >= 4 is 22.2 Å². The number of hydrogen-bond donors (Lipinski definition) is 1. The summed E-state index contributed by atoms with van der Waals surface area (Å²) >= 11 is 1.39. The second-order valence-electron chi connectivity index (χ2n) is 5.99. The van der Waals surface area contributed by atoms with Crippen molar-refractivity contribution in [3.05, 3.63) is 35.5 Å². The van der Waals surface area contributed by atoms with Gasteiger partial charge in [-0.05, 0) is 36.9 Å². The molecule has 7 heteroatoms. The van der Waals surface area contributed by atoms with E-state index in [0.29, 0.717) is 23.0 Å². The van der Waals surface area contributed by atoms with Gasteiger partial charge in [0.15, 0.2) is 0 Å². The minimum atomic E-state index is -0.0302. The number of nitriles is 1. The molecule has 126 valence electrons. The molecule has 2 aromatic heterocycles. The van der Waals surface area contributed by atoms with Crippen LogP contribution < -0.4 is 5.32 Å². The van der Waals surface area contributed by atoms with Gasteiger partial charge < -0.3 is 5.32 Å². The first-order valence-corrected chi connectivity index (χ1v) is 9.13. The molecule has 1 atom stereocenters. The Bertz CT molecular complexity index is 703. The van der Waals surface area contributed by atoms with Crippen LogP contribution in [0.5, 0.6) is 0 Å². The van der Waals surface area contributed by atoms with E-state index in [9.17, 15) is 4.79 Å². The molecule has 24 heavy (non-hydrogen) atoms. The van der Waals surface area contributed by atoms with Gasteiger partial charge in [0, 0.05) is 31.4 Å². The Hall–Kier alpha value is -2.17. The van der Waals surface area contributed by atoms with Crippen LogP contribution in [-0.2, 0) is 11.3 Å². The smallest absolute Gasteiger partial charge is 0.226 e. The molecular weight excluding hydrogens is 322 g/mol. The van der Waals surface area contributed by atoms with E-state index in [0.717, 1.165) is 26.1 Å². The highest BCUT2D eigenvalue weighted by molar-refractivity contribution is 7.14. The van der Waals surface area contributed by atoms with Crippen LogP contribution in [0.15, 0.2) is 29.9 Å². The molecule has 6 nitrogen and oxygen atoms in total. The molecule has 0 saturated carbocycles. The predicted octanol–water partition coefficient (Wildman–Crippen LogP) is 2.70. The molecule has 1 saturated heterocycles. The van der Waals surface area contributed by atoms with Gasteiger partial charge in [0.05, 0.1) is 12.1 Å². The third-order valence-electron chi connectivity index (χ3n) is 4.37. The van der Waals surface area contributed by atoms with Crippen LogP contribution in [0.1, 0.15) is 31.2 Å².